The van der Waals surface area contributed by atoms with Gasteiger partial charge in [0.25, 0.3) is 0 Å². The van der Waals surface area contributed by atoms with Gasteiger partial charge in [-0.3, -0.25) is 14.5 Å². The van der Waals surface area contributed by atoms with E-state index in [1.165, 1.54) is 5.56 Å². The van der Waals surface area contributed by atoms with E-state index < -0.39 is 0 Å². The molecule has 0 atom stereocenters. The number of carbonyl (C=O) groups excluding carboxylic acids is 2. The Kier molecular flexibility index (Phi) is 8.87. The summed E-state index contributed by atoms with van der Waals surface area (Å²) in [6.07, 6.45) is 4.98. The number of hydrogen-bond donors (Lipinski definition) is 1. The van der Waals surface area contributed by atoms with Crippen molar-refractivity contribution in [3.8, 4) is 22.5 Å². The van der Waals surface area contributed by atoms with E-state index in [1.807, 2.05) is 54.6 Å². The third kappa shape index (κ3) is 6.75. The number of para-hydroxylation sites is 1. The molecule has 1 aliphatic rings. The van der Waals surface area contributed by atoms with Crippen molar-refractivity contribution in [3.05, 3.63) is 95.1 Å². The van der Waals surface area contributed by atoms with Crippen molar-refractivity contribution in [2.75, 3.05) is 16.8 Å². The smallest absolute Gasteiger partial charge is 0.228 e. The van der Waals surface area contributed by atoms with Gasteiger partial charge in [0, 0.05) is 47.6 Å². The van der Waals surface area contributed by atoms with E-state index in [2.05, 4.69) is 36.5 Å². The number of benzene rings is 3. The minimum absolute atomic E-state index is 0.0284. The van der Waals surface area contributed by atoms with Crippen LogP contribution in [-0.2, 0) is 16.0 Å². The van der Waals surface area contributed by atoms with Crippen LogP contribution in [0.2, 0.25) is 5.02 Å². The zero-order valence-electron chi connectivity index (χ0n) is 22.7. The summed E-state index contributed by atoms with van der Waals surface area (Å²) in [4.78, 5) is 37.2. The largest absolute Gasteiger partial charge is 0.326 e. The third-order valence-electron chi connectivity index (χ3n) is 7.12. The van der Waals surface area contributed by atoms with E-state index in [-0.39, 0.29) is 11.8 Å². The maximum Gasteiger partial charge on any atom is 0.228 e. The van der Waals surface area contributed by atoms with E-state index >= 15 is 0 Å². The van der Waals surface area contributed by atoms with Gasteiger partial charge in [0.15, 0.2) is 5.82 Å². The second-order valence-electron chi connectivity index (χ2n) is 10.2. The molecule has 0 bridgehead atoms. The van der Waals surface area contributed by atoms with E-state index in [9.17, 15) is 9.59 Å². The number of amides is 2. The van der Waals surface area contributed by atoms with Gasteiger partial charge in [0.2, 0.25) is 11.8 Å². The summed E-state index contributed by atoms with van der Waals surface area (Å²) in [6, 6.07) is 25.4. The molecule has 6 nitrogen and oxygen atoms in total. The predicted octanol–water partition coefficient (Wildman–Crippen LogP) is 7.64. The molecule has 4 aromatic rings. The lowest BCUT2D eigenvalue weighted by Gasteiger charge is -2.29. The molecule has 2 amide bonds. The van der Waals surface area contributed by atoms with Crippen molar-refractivity contribution in [1.29, 1.82) is 0 Å². The molecule has 0 aliphatic carbocycles. The molecule has 5 rings (SSSR count). The number of hydrogen-bond acceptors (Lipinski definition) is 4. The third-order valence-corrected chi connectivity index (χ3v) is 7.37. The Labute approximate surface area is 240 Å². The van der Waals surface area contributed by atoms with Crippen LogP contribution in [0.3, 0.4) is 0 Å². The van der Waals surface area contributed by atoms with Crippen LogP contribution in [0, 0.1) is 6.92 Å². The van der Waals surface area contributed by atoms with Crippen LogP contribution in [0.25, 0.3) is 22.5 Å². The first-order chi connectivity index (χ1) is 19.5. The van der Waals surface area contributed by atoms with Gasteiger partial charge in [0.1, 0.15) is 0 Å². The number of fused-ring (bicyclic) bond motifs is 1. The van der Waals surface area contributed by atoms with Crippen LogP contribution in [-0.4, -0.2) is 28.3 Å². The molecular formula is C33H33ClN4O2. The molecule has 0 saturated heterocycles. The zero-order valence-corrected chi connectivity index (χ0v) is 23.5. The molecule has 3 aromatic carbocycles. The van der Waals surface area contributed by atoms with Gasteiger partial charge in [-0.15, -0.1) is 0 Å². The molecule has 0 saturated carbocycles. The summed E-state index contributed by atoms with van der Waals surface area (Å²) in [5.74, 6) is 0.759. The molecule has 1 aliphatic heterocycles. The molecule has 0 spiro atoms. The summed E-state index contributed by atoms with van der Waals surface area (Å²) in [6.45, 7) is 2.64. The highest BCUT2D eigenvalue weighted by molar-refractivity contribution is 6.30. The number of anilines is 2. The predicted molar refractivity (Wildman–Crippen MR) is 161 cm³/mol. The Hall–Kier alpha value is -4.03. The minimum atomic E-state index is 0.0284. The second-order valence-corrected chi connectivity index (χ2v) is 10.6. The van der Waals surface area contributed by atoms with Gasteiger partial charge in [-0.25, -0.2) is 9.97 Å². The quantitative estimate of drug-likeness (QED) is 0.205. The summed E-state index contributed by atoms with van der Waals surface area (Å²) in [5, 5.41) is 3.58. The number of rotatable bonds is 10. The van der Waals surface area contributed by atoms with E-state index in [4.69, 9.17) is 21.6 Å². The van der Waals surface area contributed by atoms with Gasteiger partial charge in [-0.1, -0.05) is 84.6 Å². The lowest BCUT2D eigenvalue weighted by molar-refractivity contribution is -0.119. The number of aromatic nitrogens is 2. The van der Waals surface area contributed by atoms with Crippen LogP contribution in [0.4, 0.5) is 11.5 Å². The van der Waals surface area contributed by atoms with Crippen molar-refractivity contribution >= 4 is 34.9 Å². The van der Waals surface area contributed by atoms with E-state index in [0.717, 1.165) is 59.6 Å². The first kappa shape index (κ1) is 27.5. The standard InChI is InChI=1S/C33H33ClN4O2/c1-23-12-14-24(15-13-23)31-32(25-16-18-26(34)19-17-25)37-33-28(36-31)20-21-30(40)38(33)22-8-3-2-7-11-29(39)35-27-9-5-4-6-10-27/h4-6,9-10,12-19H,2-3,7-8,11,20-22H2,1H3,(H,35,39). The molecule has 0 radical (unpaired) electrons. The summed E-state index contributed by atoms with van der Waals surface area (Å²) < 4.78 is 0. The Morgan fingerprint density at radius 3 is 2.20 bits per heavy atom. The lowest BCUT2D eigenvalue weighted by Crippen LogP contribution is -2.37. The highest BCUT2D eigenvalue weighted by Crippen LogP contribution is 2.35. The molecule has 0 fully saturated rings. The van der Waals surface area contributed by atoms with Crippen LogP contribution >= 0.6 is 11.6 Å². The first-order valence-corrected chi connectivity index (χ1v) is 14.2. The van der Waals surface area contributed by atoms with Crippen LogP contribution in [0.1, 0.15) is 49.8 Å². The summed E-state index contributed by atoms with van der Waals surface area (Å²) in [7, 11) is 0. The summed E-state index contributed by atoms with van der Waals surface area (Å²) in [5.41, 5.74) is 6.29. The van der Waals surface area contributed by atoms with Gasteiger partial charge < -0.3 is 5.32 Å². The van der Waals surface area contributed by atoms with Gasteiger partial charge in [-0.05, 0) is 44.0 Å². The number of nitrogens with zero attached hydrogens (tertiary/aromatic N) is 3. The van der Waals surface area contributed by atoms with Crippen molar-refractivity contribution in [2.24, 2.45) is 0 Å². The first-order valence-electron chi connectivity index (χ1n) is 13.9. The van der Waals surface area contributed by atoms with Gasteiger partial charge in [0.05, 0.1) is 17.1 Å². The second kappa shape index (κ2) is 12.9. The van der Waals surface area contributed by atoms with Crippen molar-refractivity contribution in [3.63, 3.8) is 0 Å². The Bertz CT molecular complexity index is 1470. The van der Waals surface area contributed by atoms with Crippen LogP contribution < -0.4 is 10.2 Å². The molecule has 204 valence electrons. The number of unbranched alkanes of at least 4 members (excludes halogenated alkanes) is 3. The van der Waals surface area contributed by atoms with Gasteiger partial charge >= 0.3 is 0 Å². The molecular weight excluding hydrogens is 520 g/mol. The highest BCUT2D eigenvalue weighted by Gasteiger charge is 2.28. The van der Waals surface area contributed by atoms with Gasteiger partial charge in [-0.2, -0.15) is 0 Å². The Morgan fingerprint density at radius 1 is 0.825 bits per heavy atom. The van der Waals surface area contributed by atoms with Crippen LogP contribution in [0.15, 0.2) is 78.9 Å². The number of halogens is 1. The Morgan fingerprint density at radius 2 is 1.48 bits per heavy atom. The average Bonchev–Trinajstić information content (AvgIpc) is 2.96. The SMILES string of the molecule is Cc1ccc(-c2nc3c(nc2-c2ccc(Cl)cc2)N(CCCCCCC(=O)Nc2ccccc2)C(=O)CC3)cc1. The van der Waals surface area contributed by atoms with E-state index in [0.29, 0.717) is 36.6 Å². The number of nitrogens with one attached hydrogen (secondary N) is 1. The monoisotopic (exact) mass is 552 g/mol. The molecule has 7 heteroatoms. The van der Waals surface area contributed by atoms with E-state index in [1.54, 1.807) is 4.90 Å². The van der Waals surface area contributed by atoms with Crippen molar-refractivity contribution < 1.29 is 9.59 Å². The fourth-order valence-electron chi connectivity index (χ4n) is 4.93. The normalized spacial score (nSPS) is 12.8. The summed E-state index contributed by atoms with van der Waals surface area (Å²) >= 11 is 6.17. The molecule has 0 unspecified atom stereocenters. The number of aryl methyl sites for hydroxylation is 2. The molecule has 1 N–H and O–H groups in total. The lowest BCUT2D eigenvalue weighted by atomic mass is 10.0. The van der Waals surface area contributed by atoms with Crippen LogP contribution in [0.5, 0.6) is 0 Å². The molecule has 40 heavy (non-hydrogen) atoms. The minimum Gasteiger partial charge on any atom is -0.326 e. The van der Waals surface area contributed by atoms with Crippen molar-refractivity contribution in [2.45, 2.75) is 51.9 Å². The maximum absolute atomic E-state index is 13.0. The number of carbonyl (C=O) groups is 2. The Balaban J connectivity index is 1.28. The zero-order chi connectivity index (χ0) is 27.9. The van der Waals surface area contributed by atoms with Crippen molar-refractivity contribution in [1.82, 2.24) is 9.97 Å². The molecule has 1 aromatic heterocycles. The fourth-order valence-corrected chi connectivity index (χ4v) is 5.06. The average molecular weight is 553 g/mol. The maximum atomic E-state index is 13.0. The highest BCUT2D eigenvalue weighted by atomic mass is 35.5. The molecule has 2 heterocycles. The topological polar surface area (TPSA) is 75.2 Å². The fraction of sp³-hybridized carbons (Fsp3) is 0.273.